The van der Waals surface area contributed by atoms with Crippen molar-refractivity contribution in [3.8, 4) is 17.1 Å². The number of carboxylic acid groups (broad SMARTS) is 1. The van der Waals surface area contributed by atoms with Gasteiger partial charge in [0.05, 0.1) is 6.61 Å². The Hall–Kier alpha value is -2.44. The van der Waals surface area contributed by atoms with E-state index in [9.17, 15) is 4.79 Å². The Labute approximate surface area is 109 Å². The summed E-state index contributed by atoms with van der Waals surface area (Å²) >= 11 is 0. The average molecular weight is 262 g/mol. The highest BCUT2D eigenvalue weighted by Gasteiger charge is 2.17. The van der Waals surface area contributed by atoms with Crippen molar-refractivity contribution in [2.24, 2.45) is 0 Å². The van der Waals surface area contributed by atoms with Gasteiger partial charge in [0.25, 0.3) is 0 Å². The topological polar surface area (TPSA) is 90.1 Å². The quantitative estimate of drug-likeness (QED) is 0.875. The summed E-state index contributed by atoms with van der Waals surface area (Å²) in [7, 11) is 0. The summed E-state index contributed by atoms with van der Waals surface area (Å²) in [6.45, 7) is 4.00. The maximum absolute atomic E-state index is 10.8. The lowest BCUT2D eigenvalue weighted by Crippen LogP contribution is -2.18. The number of aliphatic carboxylic acids is 1. The standard InChI is InChI=1S/C12H14N4O3/c1-3-19-10-6-4-9(5-7-10)11-13-15-16(14-11)8(2)12(17)18/h4-8H,3H2,1-2H3,(H,17,18). The molecule has 0 saturated heterocycles. The van der Waals surface area contributed by atoms with E-state index >= 15 is 0 Å². The Kier molecular flexibility index (Phi) is 3.74. The van der Waals surface area contributed by atoms with Crippen molar-refractivity contribution >= 4 is 5.97 Å². The lowest BCUT2D eigenvalue weighted by atomic mass is 10.2. The maximum Gasteiger partial charge on any atom is 0.330 e. The molecule has 0 saturated carbocycles. The molecule has 2 aromatic rings. The highest BCUT2D eigenvalue weighted by Crippen LogP contribution is 2.19. The summed E-state index contributed by atoms with van der Waals surface area (Å²) in [6.07, 6.45) is 0. The second kappa shape index (κ2) is 5.47. The van der Waals surface area contributed by atoms with E-state index in [1.54, 1.807) is 24.3 Å². The molecule has 19 heavy (non-hydrogen) atoms. The lowest BCUT2D eigenvalue weighted by Gasteiger charge is -2.03. The van der Waals surface area contributed by atoms with Crippen LogP contribution in [0.2, 0.25) is 0 Å². The molecule has 1 aromatic carbocycles. The number of nitrogens with zero attached hydrogens (tertiary/aromatic N) is 4. The number of ether oxygens (including phenoxy) is 1. The van der Waals surface area contributed by atoms with Gasteiger partial charge >= 0.3 is 5.97 Å². The zero-order chi connectivity index (χ0) is 13.8. The molecule has 0 fully saturated rings. The first kappa shape index (κ1) is 13.0. The second-order valence-electron chi connectivity index (χ2n) is 3.91. The minimum Gasteiger partial charge on any atom is -0.494 e. The van der Waals surface area contributed by atoms with Crippen LogP contribution >= 0.6 is 0 Å². The Morgan fingerprint density at radius 1 is 1.42 bits per heavy atom. The molecule has 0 aliphatic heterocycles. The van der Waals surface area contributed by atoms with Crippen LogP contribution in [-0.2, 0) is 4.79 Å². The van der Waals surface area contributed by atoms with Crippen LogP contribution in [0.5, 0.6) is 5.75 Å². The third kappa shape index (κ3) is 2.87. The van der Waals surface area contributed by atoms with Gasteiger partial charge in [-0.15, -0.1) is 15.0 Å². The molecule has 0 aliphatic rings. The average Bonchev–Trinajstić information content (AvgIpc) is 2.88. The van der Waals surface area contributed by atoms with Gasteiger partial charge in [-0.25, -0.2) is 4.79 Å². The van der Waals surface area contributed by atoms with Crippen LogP contribution in [0.1, 0.15) is 19.9 Å². The van der Waals surface area contributed by atoms with Crippen LogP contribution in [0.15, 0.2) is 24.3 Å². The molecule has 1 heterocycles. The van der Waals surface area contributed by atoms with E-state index in [0.29, 0.717) is 12.4 Å². The maximum atomic E-state index is 10.8. The lowest BCUT2D eigenvalue weighted by molar-refractivity contribution is -0.141. The van der Waals surface area contributed by atoms with Crippen molar-refractivity contribution in [1.82, 2.24) is 20.2 Å². The molecule has 1 atom stereocenters. The van der Waals surface area contributed by atoms with Crippen LogP contribution in [-0.4, -0.2) is 37.9 Å². The normalized spacial score (nSPS) is 12.1. The van der Waals surface area contributed by atoms with Crippen molar-refractivity contribution in [3.05, 3.63) is 24.3 Å². The first-order valence-electron chi connectivity index (χ1n) is 5.87. The van der Waals surface area contributed by atoms with Gasteiger partial charge in [-0.05, 0) is 43.3 Å². The fraction of sp³-hybridized carbons (Fsp3) is 0.333. The molecule has 7 heteroatoms. The van der Waals surface area contributed by atoms with E-state index < -0.39 is 12.0 Å². The summed E-state index contributed by atoms with van der Waals surface area (Å²) < 4.78 is 5.33. The molecule has 1 unspecified atom stereocenters. The van der Waals surface area contributed by atoms with Crippen molar-refractivity contribution in [3.63, 3.8) is 0 Å². The van der Waals surface area contributed by atoms with Crippen LogP contribution in [0, 0.1) is 0 Å². The minimum absolute atomic E-state index is 0.385. The Morgan fingerprint density at radius 3 is 2.68 bits per heavy atom. The number of benzene rings is 1. The van der Waals surface area contributed by atoms with Gasteiger partial charge in [-0.3, -0.25) is 0 Å². The molecule has 1 aromatic heterocycles. The largest absolute Gasteiger partial charge is 0.494 e. The van der Waals surface area contributed by atoms with Crippen molar-refractivity contribution in [2.75, 3.05) is 6.61 Å². The fourth-order valence-corrected chi connectivity index (χ4v) is 1.47. The predicted molar refractivity (Wildman–Crippen MR) is 66.8 cm³/mol. The van der Waals surface area contributed by atoms with Crippen LogP contribution < -0.4 is 4.74 Å². The zero-order valence-electron chi connectivity index (χ0n) is 10.6. The summed E-state index contributed by atoms with van der Waals surface area (Å²) in [4.78, 5) is 11.9. The van der Waals surface area contributed by atoms with Crippen LogP contribution in [0.4, 0.5) is 0 Å². The SMILES string of the molecule is CCOc1ccc(-c2nnn(C(C)C(=O)O)n2)cc1. The van der Waals surface area contributed by atoms with Crippen LogP contribution in [0.25, 0.3) is 11.4 Å². The molecule has 0 amide bonds. The third-order valence-electron chi connectivity index (χ3n) is 2.56. The van der Waals surface area contributed by atoms with E-state index in [4.69, 9.17) is 9.84 Å². The van der Waals surface area contributed by atoms with Gasteiger partial charge in [-0.1, -0.05) is 0 Å². The van der Waals surface area contributed by atoms with E-state index in [1.165, 1.54) is 6.92 Å². The van der Waals surface area contributed by atoms with Gasteiger partial charge in [0.2, 0.25) is 5.82 Å². The van der Waals surface area contributed by atoms with Gasteiger partial charge < -0.3 is 9.84 Å². The number of hydrogen-bond donors (Lipinski definition) is 1. The molecular formula is C12H14N4O3. The van der Waals surface area contributed by atoms with E-state index in [1.807, 2.05) is 6.92 Å². The highest BCUT2D eigenvalue weighted by atomic mass is 16.5. The predicted octanol–water partition coefficient (Wildman–Crippen LogP) is 1.38. The summed E-state index contributed by atoms with van der Waals surface area (Å²) in [5.41, 5.74) is 0.757. The summed E-state index contributed by atoms with van der Waals surface area (Å²) in [5, 5.41) is 20.5. The van der Waals surface area contributed by atoms with Gasteiger partial charge in [0, 0.05) is 5.56 Å². The molecule has 0 aliphatic carbocycles. The molecule has 0 bridgehead atoms. The smallest absolute Gasteiger partial charge is 0.330 e. The van der Waals surface area contributed by atoms with E-state index in [0.717, 1.165) is 16.1 Å². The van der Waals surface area contributed by atoms with Gasteiger partial charge in [0.15, 0.2) is 6.04 Å². The Morgan fingerprint density at radius 2 is 2.11 bits per heavy atom. The van der Waals surface area contributed by atoms with Crippen molar-refractivity contribution < 1.29 is 14.6 Å². The van der Waals surface area contributed by atoms with E-state index in [-0.39, 0.29) is 0 Å². The number of carbonyl (C=O) groups is 1. The summed E-state index contributed by atoms with van der Waals surface area (Å²) in [5.74, 6) is 0.143. The Bertz CT molecular complexity index is 565. The van der Waals surface area contributed by atoms with Gasteiger partial charge in [0.1, 0.15) is 5.75 Å². The van der Waals surface area contributed by atoms with Gasteiger partial charge in [-0.2, -0.15) is 0 Å². The number of aromatic nitrogens is 4. The minimum atomic E-state index is -1.00. The first-order chi connectivity index (χ1) is 9.11. The van der Waals surface area contributed by atoms with Crippen molar-refractivity contribution in [1.29, 1.82) is 0 Å². The van der Waals surface area contributed by atoms with Crippen molar-refractivity contribution in [2.45, 2.75) is 19.9 Å². The first-order valence-corrected chi connectivity index (χ1v) is 5.87. The number of rotatable bonds is 5. The number of carboxylic acids is 1. The number of hydrogen-bond acceptors (Lipinski definition) is 5. The van der Waals surface area contributed by atoms with E-state index in [2.05, 4.69) is 15.4 Å². The molecule has 2 rings (SSSR count). The molecule has 100 valence electrons. The summed E-state index contributed by atoms with van der Waals surface area (Å²) in [6, 6.07) is 6.37. The van der Waals surface area contributed by atoms with Crippen LogP contribution in [0.3, 0.4) is 0 Å². The molecule has 1 N–H and O–H groups in total. The third-order valence-corrected chi connectivity index (χ3v) is 2.56. The monoisotopic (exact) mass is 262 g/mol. The number of tetrazole rings is 1. The molecule has 0 spiro atoms. The Balaban J connectivity index is 2.20. The highest BCUT2D eigenvalue weighted by molar-refractivity contribution is 5.71. The molecule has 0 radical (unpaired) electrons. The fourth-order valence-electron chi connectivity index (χ4n) is 1.47. The molecular weight excluding hydrogens is 248 g/mol. The zero-order valence-corrected chi connectivity index (χ0v) is 10.6. The second-order valence-corrected chi connectivity index (χ2v) is 3.91. The molecule has 7 nitrogen and oxygen atoms in total.